The summed E-state index contributed by atoms with van der Waals surface area (Å²) in [5.74, 6) is 1.77. The van der Waals surface area contributed by atoms with Crippen molar-refractivity contribution in [3.8, 4) is 5.82 Å². The summed E-state index contributed by atoms with van der Waals surface area (Å²) >= 11 is 0. The van der Waals surface area contributed by atoms with Gasteiger partial charge >= 0.3 is 0 Å². The van der Waals surface area contributed by atoms with E-state index in [0.717, 1.165) is 54.6 Å². The number of carbonyl (C=O) groups is 1. The molecule has 31 heavy (non-hydrogen) atoms. The molecule has 0 unspecified atom stereocenters. The first-order valence-electron chi connectivity index (χ1n) is 11.7. The largest absolute Gasteiger partial charge is 0.356 e. The van der Waals surface area contributed by atoms with Gasteiger partial charge in [-0.05, 0) is 82.9 Å². The minimum Gasteiger partial charge on any atom is -0.356 e. The second-order valence-electron chi connectivity index (χ2n) is 8.71. The Hall–Kier alpha value is -2.70. The first-order chi connectivity index (χ1) is 15.1. The molecule has 0 saturated carbocycles. The fourth-order valence-electron chi connectivity index (χ4n) is 4.63. The van der Waals surface area contributed by atoms with Crippen molar-refractivity contribution in [1.82, 2.24) is 25.3 Å². The van der Waals surface area contributed by atoms with Gasteiger partial charge in [0, 0.05) is 31.7 Å². The lowest BCUT2D eigenvalue weighted by Gasteiger charge is -2.15. The first kappa shape index (κ1) is 21.5. The zero-order valence-electron chi connectivity index (χ0n) is 18.9. The summed E-state index contributed by atoms with van der Waals surface area (Å²) < 4.78 is 1.85. The van der Waals surface area contributed by atoms with Crippen LogP contribution in [0.5, 0.6) is 0 Å². The maximum atomic E-state index is 12.3. The van der Waals surface area contributed by atoms with Gasteiger partial charge in [0.1, 0.15) is 0 Å². The quantitative estimate of drug-likeness (QED) is 0.655. The number of nitrogens with one attached hydrogen (secondary N) is 1. The summed E-state index contributed by atoms with van der Waals surface area (Å²) in [4.78, 5) is 14.6. The van der Waals surface area contributed by atoms with E-state index >= 15 is 0 Å². The predicted molar refractivity (Wildman–Crippen MR) is 123 cm³/mol. The van der Waals surface area contributed by atoms with Crippen LogP contribution in [0.2, 0.25) is 0 Å². The number of aromatic nitrogens is 4. The fourth-order valence-corrected chi connectivity index (χ4v) is 4.63. The van der Waals surface area contributed by atoms with Crippen LogP contribution in [-0.4, -0.2) is 45.5 Å². The van der Waals surface area contributed by atoms with Crippen LogP contribution >= 0.6 is 0 Å². The number of hydrogen-bond donors (Lipinski definition) is 1. The van der Waals surface area contributed by atoms with Gasteiger partial charge in [-0.15, -0.1) is 10.2 Å². The summed E-state index contributed by atoms with van der Waals surface area (Å²) in [5, 5.41) is 16.6. The SMILES string of the molecule is Cc1nn(-c2ccc(N3CCCC3)nn2)c(C)c1CCC(=O)NCCC1=CCCCC1. The smallest absolute Gasteiger partial charge is 0.220 e. The van der Waals surface area contributed by atoms with E-state index in [0.29, 0.717) is 12.8 Å². The number of hydrogen-bond acceptors (Lipinski definition) is 5. The van der Waals surface area contributed by atoms with Crippen LogP contribution in [0.3, 0.4) is 0 Å². The Bertz CT molecular complexity index is 924. The van der Waals surface area contributed by atoms with Crippen molar-refractivity contribution in [3.05, 3.63) is 40.7 Å². The molecule has 166 valence electrons. The fraction of sp³-hybridized carbons (Fsp3) is 0.583. The van der Waals surface area contributed by atoms with E-state index in [2.05, 4.69) is 31.6 Å². The summed E-state index contributed by atoms with van der Waals surface area (Å²) in [5.41, 5.74) is 4.59. The van der Waals surface area contributed by atoms with Crippen LogP contribution in [0.1, 0.15) is 68.3 Å². The standard InChI is InChI=1S/C24H34N6O/c1-18-21(10-13-24(31)25-15-14-20-8-4-3-5-9-20)19(2)30(28-18)23-12-11-22(26-27-23)29-16-6-7-17-29/h8,11-12H,3-7,9-10,13-17H2,1-2H3,(H,25,31). The Morgan fingerprint density at radius 3 is 2.52 bits per heavy atom. The van der Waals surface area contributed by atoms with Crippen LogP contribution in [0.25, 0.3) is 5.82 Å². The Balaban J connectivity index is 1.32. The molecule has 3 heterocycles. The third-order valence-corrected chi connectivity index (χ3v) is 6.48. The number of aryl methyl sites for hydroxylation is 1. The minimum absolute atomic E-state index is 0.109. The van der Waals surface area contributed by atoms with Gasteiger partial charge in [-0.2, -0.15) is 5.10 Å². The topological polar surface area (TPSA) is 75.9 Å². The van der Waals surface area contributed by atoms with Crippen LogP contribution in [0.4, 0.5) is 5.82 Å². The lowest BCUT2D eigenvalue weighted by molar-refractivity contribution is -0.121. The van der Waals surface area contributed by atoms with Crippen LogP contribution in [-0.2, 0) is 11.2 Å². The van der Waals surface area contributed by atoms with Crippen LogP contribution in [0, 0.1) is 13.8 Å². The molecule has 1 aliphatic heterocycles. The molecular formula is C24H34N6O. The highest BCUT2D eigenvalue weighted by molar-refractivity contribution is 5.76. The van der Waals surface area contributed by atoms with Gasteiger partial charge in [-0.25, -0.2) is 4.68 Å². The summed E-state index contributed by atoms with van der Waals surface area (Å²) in [7, 11) is 0. The molecule has 1 fully saturated rings. The average Bonchev–Trinajstić information content (AvgIpc) is 3.42. The normalized spacial score (nSPS) is 16.5. The van der Waals surface area contributed by atoms with Crippen molar-refractivity contribution in [3.63, 3.8) is 0 Å². The minimum atomic E-state index is 0.109. The Morgan fingerprint density at radius 1 is 1.03 bits per heavy atom. The highest BCUT2D eigenvalue weighted by atomic mass is 16.1. The zero-order valence-corrected chi connectivity index (χ0v) is 18.9. The van der Waals surface area contributed by atoms with Gasteiger partial charge in [0.15, 0.2) is 11.6 Å². The molecular weight excluding hydrogens is 388 g/mol. The lowest BCUT2D eigenvalue weighted by atomic mass is 9.97. The maximum absolute atomic E-state index is 12.3. The van der Waals surface area contributed by atoms with Crippen molar-refractivity contribution in [2.45, 2.75) is 71.6 Å². The van der Waals surface area contributed by atoms with Gasteiger partial charge in [0.2, 0.25) is 5.91 Å². The molecule has 1 aliphatic carbocycles. The average molecular weight is 423 g/mol. The highest BCUT2D eigenvalue weighted by Gasteiger charge is 2.17. The maximum Gasteiger partial charge on any atom is 0.220 e. The van der Waals surface area contributed by atoms with E-state index in [4.69, 9.17) is 0 Å². The van der Waals surface area contributed by atoms with E-state index in [-0.39, 0.29) is 5.91 Å². The van der Waals surface area contributed by atoms with Crippen LogP contribution in [0.15, 0.2) is 23.8 Å². The molecule has 0 bridgehead atoms. The second kappa shape index (κ2) is 10.1. The third kappa shape index (κ3) is 5.32. The number of carbonyl (C=O) groups excluding carboxylic acids is 1. The number of amides is 1. The molecule has 2 aliphatic rings. The van der Waals surface area contributed by atoms with Gasteiger partial charge in [-0.1, -0.05) is 11.6 Å². The van der Waals surface area contributed by atoms with E-state index < -0.39 is 0 Å². The summed E-state index contributed by atoms with van der Waals surface area (Å²) in [6, 6.07) is 4.01. The lowest BCUT2D eigenvalue weighted by Crippen LogP contribution is -2.25. The van der Waals surface area contributed by atoms with Crippen molar-refractivity contribution < 1.29 is 4.79 Å². The number of allylic oxidation sites excluding steroid dienone is 1. The molecule has 2 aromatic rings. The van der Waals surface area contributed by atoms with E-state index in [1.807, 2.05) is 30.7 Å². The molecule has 7 heteroatoms. The Morgan fingerprint density at radius 2 is 1.81 bits per heavy atom. The van der Waals surface area contributed by atoms with E-state index in [1.165, 1.54) is 44.1 Å². The molecule has 4 rings (SSSR count). The van der Waals surface area contributed by atoms with Crippen molar-refractivity contribution in [2.24, 2.45) is 0 Å². The van der Waals surface area contributed by atoms with E-state index in [9.17, 15) is 4.79 Å². The Kier molecular flexibility index (Phi) is 6.99. The molecule has 7 nitrogen and oxygen atoms in total. The molecule has 0 radical (unpaired) electrons. The number of anilines is 1. The van der Waals surface area contributed by atoms with Gasteiger partial charge in [-0.3, -0.25) is 4.79 Å². The summed E-state index contributed by atoms with van der Waals surface area (Å²) in [6.45, 7) is 6.88. The van der Waals surface area contributed by atoms with Gasteiger partial charge in [0.25, 0.3) is 0 Å². The number of nitrogens with zero attached hydrogens (tertiary/aromatic N) is 5. The van der Waals surface area contributed by atoms with Crippen molar-refractivity contribution in [2.75, 3.05) is 24.5 Å². The van der Waals surface area contributed by atoms with Gasteiger partial charge in [0.05, 0.1) is 5.69 Å². The first-order valence-corrected chi connectivity index (χ1v) is 11.7. The monoisotopic (exact) mass is 422 g/mol. The van der Waals surface area contributed by atoms with Gasteiger partial charge < -0.3 is 10.2 Å². The second-order valence-corrected chi connectivity index (χ2v) is 8.71. The molecule has 2 aromatic heterocycles. The molecule has 1 saturated heterocycles. The van der Waals surface area contributed by atoms with Crippen molar-refractivity contribution in [1.29, 1.82) is 0 Å². The van der Waals surface area contributed by atoms with Crippen molar-refractivity contribution >= 4 is 11.7 Å². The molecule has 1 amide bonds. The molecule has 0 atom stereocenters. The zero-order chi connectivity index (χ0) is 21.6. The third-order valence-electron chi connectivity index (χ3n) is 6.48. The summed E-state index contributed by atoms with van der Waals surface area (Å²) in [6.07, 6.45) is 11.9. The Labute approximate surface area is 184 Å². The molecule has 0 spiro atoms. The highest BCUT2D eigenvalue weighted by Crippen LogP contribution is 2.21. The van der Waals surface area contributed by atoms with E-state index in [1.54, 1.807) is 0 Å². The van der Waals surface area contributed by atoms with Crippen LogP contribution < -0.4 is 10.2 Å². The molecule has 0 aromatic carbocycles. The molecule has 1 N–H and O–H groups in total. The predicted octanol–water partition coefficient (Wildman–Crippen LogP) is 3.82. The number of rotatable bonds is 8.